The molecule has 3 aliphatic rings. The molecule has 3 fully saturated rings. The standard InChI is InChI=1S/C31H49N3O7/c1-22(2)33(30(35)24-6-9-28(38-4)29(16-24)40-13-5-12-37-3)20-25-17-32-18-26(25)21-41-31(36)34(27-7-8-27)19-23-10-14-39-15-11-23/h6,9,16,22-23,25-27,32H,5,7-8,10-15,17-21H2,1-4H3/t25-,26?/m0/s1. The molecule has 0 bridgehead atoms. The van der Waals surface area contributed by atoms with Gasteiger partial charge in [0.1, 0.15) is 0 Å². The van der Waals surface area contributed by atoms with Gasteiger partial charge in [-0.2, -0.15) is 0 Å². The summed E-state index contributed by atoms with van der Waals surface area (Å²) in [5, 5.41) is 3.45. The molecule has 1 aliphatic carbocycles. The van der Waals surface area contributed by atoms with Crippen molar-refractivity contribution in [3.05, 3.63) is 23.8 Å². The zero-order valence-corrected chi connectivity index (χ0v) is 25.3. The molecule has 0 radical (unpaired) electrons. The maximum absolute atomic E-state index is 13.7. The van der Waals surface area contributed by atoms with E-state index >= 15 is 0 Å². The highest BCUT2D eigenvalue weighted by Crippen LogP contribution is 2.31. The average Bonchev–Trinajstić information content (AvgIpc) is 3.73. The van der Waals surface area contributed by atoms with E-state index in [1.165, 1.54) is 0 Å². The summed E-state index contributed by atoms with van der Waals surface area (Å²) >= 11 is 0. The first kappa shape index (κ1) is 31.4. The van der Waals surface area contributed by atoms with Crippen LogP contribution in [0.15, 0.2) is 18.2 Å². The van der Waals surface area contributed by atoms with Gasteiger partial charge in [0.2, 0.25) is 0 Å². The summed E-state index contributed by atoms with van der Waals surface area (Å²) in [6.45, 7) is 9.93. The molecule has 0 spiro atoms. The van der Waals surface area contributed by atoms with Crippen LogP contribution >= 0.6 is 0 Å². The number of nitrogens with one attached hydrogen (secondary N) is 1. The van der Waals surface area contributed by atoms with Crippen molar-refractivity contribution in [3.8, 4) is 11.5 Å². The summed E-state index contributed by atoms with van der Waals surface area (Å²) in [4.78, 5) is 30.7. The van der Waals surface area contributed by atoms with Crippen molar-refractivity contribution in [3.63, 3.8) is 0 Å². The SMILES string of the molecule is COCCCOc1cc(C(=O)N(C[C@@H]2CNCC2COC(=O)N(CC2CCOCC2)C2CC2)C(C)C)ccc1OC. The van der Waals surface area contributed by atoms with Gasteiger partial charge in [0.25, 0.3) is 5.91 Å². The molecule has 10 heteroatoms. The van der Waals surface area contributed by atoms with Gasteiger partial charge in [0.05, 0.1) is 20.3 Å². The highest BCUT2D eigenvalue weighted by atomic mass is 16.6. The quantitative estimate of drug-likeness (QED) is 0.315. The zero-order valence-electron chi connectivity index (χ0n) is 25.3. The van der Waals surface area contributed by atoms with E-state index in [1.54, 1.807) is 32.4 Å². The van der Waals surface area contributed by atoms with Gasteiger partial charge in [-0.3, -0.25) is 4.79 Å². The van der Waals surface area contributed by atoms with Crippen molar-refractivity contribution in [1.29, 1.82) is 0 Å². The van der Waals surface area contributed by atoms with Crippen LogP contribution in [0, 0.1) is 17.8 Å². The molecule has 1 aromatic carbocycles. The number of carbonyl (C=O) groups is 2. The minimum atomic E-state index is -0.197. The van der Waals surface area contributed by atoms with Crippen molar-refractivity contribution in [2.45, 2.75) is 58.0 Å². The minimum absolute atomic E-state index is 0.00399. The first-order valence-corrected chi connectivity index (χ1v) is 15.2. The monoisotopic (exact) mass is 575 g/mol. The summed E-state index contributed by atoms with van der Waals surface area (Å²) in [5.74, 6) is 1.90. The topological polar surface area (TPSA) is 98.8 Å². The first-order valence-electron chi connectivity index (χ1n) is 15.2. The number of nitrogens with zero attached hydrogens (tertiary/aromatic N) is 2. The Morgan fingerprint density at radius 3 is 2.44 bits per heavy atom. The highest BCUT2D eigenvalue weighted by molar-refractivity contribution is 5.95. The lowest BCUT2D eigenvalue weighted by atomic mass is 9.95. The minimum Gasteiger partial charge on any atom is -0.493 e. The second kappa shape index (κ2) is 15.6. The van der Waals surface area contributed by atoms with Gasteiger partial charge in [-0.1, -0.05) is 0 Å². The predicted octanol–water partition coefficient (Wildman–Crippen LogP) is 3.82. The van der Waals surface area contributed by atoms with Crippen molar-refractivity contribution >= 4 is 12.0 Å². The Hall–Kier alpha value is -2.56. The second-order valence-electron chi connectivity index (χ2n) is 11.8. The lowest BCUT2D eigenvalue weighted by molar-refractivity contribution is 0.0390. The molecule has 10 nitrogen and oxygen atoms in total. The third kappa shape index (κ3) is 8.96. The van der Waals surface area contributed by atoms with Gasteiger partial charge in [-0.25, -0.2) is 4.79 Å². The van der Waals surface area contributed by atoms with Crippen molar-refractivity contribution in [1.82, 2.24) is 15.1 Å². The average molecular weight is 576 g/mol. The Morgan fingerprint density at radius 1 is 1.00 bits per heavy atom. The van der Waals surface area contributed by atoms with Crippen LogP contribution in [-0.2, 0) is 14.2 Å². The first-order chi connectivity index (χ1) is 19.9. The maximum Gasteiger partial charge on any atom is 0.410 e. The number of hydrogen-bond acceptors (Lipinski definition) is 8. The molecule has 1 saturated carbocycles. The fourth-order valence-electron chi connectivity index (χ4n) is 5.68. The molecule has 0 aromatic heterocycles. The van der Waals surface area contributed by atoms with E-state index in [2.05, 4.69) is 5.32 Å². The number of ether oxygens (including phenoxy) is 5. The Balaban J connectivity index is 1.35. The number of benzene rings is 1. The third-order valence-electron chi connectivity index (χ3n) is 8.39. The number of rotatable bonds is 15. The van der Waals surface area contributed by atoms with E-state index in [9.17, 15) is 9.59 Å². The van der Waals surface area contributed by atoms with Gasteiger partial charge < -0.3 is 38.8 Å². The molecule has 2 atom stereocenters. The third-order valence-corrected chi connectivity index (χ3v) is 8.39. The summed E-state index contributed by atoms with van der Waals surface area (Å²) < 4.78 is 27.9. The molecule has 2 aliphatic heterocycles. The lowest BCUT2D eigenvalue weighted by Gasteiger charge is -2.32. The largest absolute Gasteiger partial charge is 0.493 e. The molecule has 2 saturated heterocycles. The smallest absolute Gasteiger partial charge is 0.410 e. The second-order valence-corrected chi connectivity index (χ2v) is 11.8. The van der Waals surface area contributed by atoms with Crippen LogP contribution in [0.1, 0.15) is 56.3 Å². The van der Waals surface area contributed by atoms with Crippen LogP contribution in [0.3, 0.4) is 0 Å². The van der Waals surface area contributed by atoms with E-state index in [0.29, 0.717) is 55.4 Å². The predicted molar refractivity (Wildman–Crippen MR) is 156 cm³/mol. The molecule has 1 unspecified atom stereocenters. The molecule has 41 heavy (non-hydrogen) atoms. The van der Waals surface area contributed by atoms with Gasteiger partial charge in [-0.05, 0) is 69.6 Å². The molecule has 4 rings (SSSR count). The van der Waals surface area contributed by atoms with Crippen LogP contribution in [-0.4, -0.2) is 107 Å². The molecule has 1 N–H and O–H groups in total. The molecular formula is C31H49N3O7. The van der Waals surface area contributed by atoms with E-state index in [4.69, 9.17) is 23.7 Å². The fraction of sp³-hybridized carbons (Fsp3) is 0.742. The lowest BCUT2D eigenvalue weighted by Crippen LogP contribution is -2.43. The van der Waals surface area contributed by atoms with E-state index < -0.39 is 0 Å². The Morgan fingerprint density at radius 2 is 1.76 bits per heavy atom. The number of methoxy groups -OCH3 is 2. The summed E-state index contributed by atoms with van der Waals surface area (Å²) in [5.41, 5.74) is 0.559. The van der Waals surface area contributed by atoms with Crippen LogP contribution < -0.4 is 14.8 Å². The van der Waals surface area contributed by atoms with E-state index in [-0.39, 0.29) is 29.9 Å². The molecule has 2 heterocycles. The molecule has 230 valence electrons. The number of carbonyl (C=O) groups excluding carboxylic acids is 2. The number of amides is 2. The molecule has 2 amide bonds. The summed E-state index contributed by atoms with van der Waals surface area (Å²) in [7, 11) is 3.25. The van der Waals surface area contributed by atoms with Gasteiger partial charge >= 0.3 is 6.09 Å². The summed E-state index contributed by atoms with van der Waals surface area (Å²) in [6.07, 6.45) is 4.66. The normalized spacial score (nSPS) is 21.1. The maximum atomic E-state index is 13.7. The fourth-order valence-corrected chi connectivity index (χ4v) is 5.68. The zero-order chi connectivity index (χ0) is 29.2. The highest BCUT2D eigenvalue weighted by Gasteiger charge is 2.37. The van der Waals surface area contributed by atoms with Gasteiger partial charge in [-0.15, -0.1) is 0 Å². The molecular weight excluding hydrogens is 526 g/mol. The van der Waals surface area contributed by atoms with Gasteiger partial charge in [0.15, 0.2) is 11.5 Å². The van der Waals surface area contributed by atoms with Crippen LogP contribution in [0.25, 0.3) is 0 Å². The Labute approximate surface area is 244 Å². The van der Waals surface area contributed by atoms with Crippen LogP contribution in [0.2, 0.25) is 0 Å². The Kier molecular flexibility index (Phi) is 11.9. The van der Waals surface area contributed by atoms with Crippen LogP contribution in [0.4, 0.5) is 4.79 Å². The van der Waals surface area contributed by atoms with E-state index in [0.717, 1.165) is 65.0 Å². The molecule has 1 aromatic rings. The van der Waals surface area contributed by atoms with Gasteiger partial charge in [0, 0.05) is 83.1 Å². The van der Waals surface area contributed by atoms with Crippen molar-refractivity contribution < 1.29 is 33.3 Å². The van der Waals surface area contributed by atoms with E-state index in [1.807, 2.05) is 23.6 Å². The van der Waals surface area contributed by atoms with Crippen molar-refractivity contribution in [2.24, 2.45) is 17.8 Å². The summed E-state index contributed by atoms with van der Waals surface area (Å²) in [6, 6.07) is 5.65. The van der Waals surface area contributed by atoms with Crippen molar-refractivity contribution in [2.75, 3.05) is 73.4 Å². The Bertz CT molecular complexity index is 980. The van der Waals surface area contributed by atoms with Crippen LogP contribution in [0.5, 0.6) is 11.5 Å². The number of hydrogen-bond donors (Lipinski definition) is 1.